The van der Waals surface area contributed by atoms with Gasteiger partial charge >= 0.3 is 0 Å². The van der Waals surface area contributed by atoms with Gasteiger partial charge in [-0.25, -0.2) is 0 Å². The largest absolute Gasteiger partial charge is 0.313 e. The predicted molar refractivity (Wildman–Crippen MR) is 84.0 cm³/mol. The number of aromatic nitrogens is 2. The summed E-state index contributed by atoms with van der Waals surface area (Å²) in [6, 6.07) is 9.88. The van der Waals surface area contributed by atoms with Crippen LogP contribution in [0.2, 0.25) is 0 Å². The van der Waals surface area contributed by atoms with Crippen molar-refractivity contribution >= 4 is 0 Å². The van der Waals surface area contributed by atoms with Crippen LogP contribution in [0, 0.1) is 25.2 Å². The van der Waals surface area contributed by atoms with Crippen molar-refractivity contribution in [2.45, 2.75) is 40.3 Å². The van der Waals surface area contributed by atoms with Crippen LogP contribution in [0.25, 0.3) is 0 Å². The van der Waals surface area contributed by atoms with Crippen molar-refractivity contribution < 1.29 is 0 Å². The number of aryl methyl sites for hydroxylation is 1. The Kier molecular flexibility index (Phi) is 5.13. The first-order valence-corrected chi connectivity index (χ1v) is 7.38. The average Bonchev–Trinajstić information content (AvgIpc) is 2.75. The van der Waals surface area contributed by atoms with Gasteiger partial charge in [0.2, 0.25) is 0 Å². The second-order valence-corrected chi connectivity index (χ2v) is 5.30. The summed E-state index contributed by atoms with van der Waals surface area (Å²) in [5.41, 5.74) is 5.34. The minimum atomic E-state index is 0.693. The van der Waals surface area contributed by atoms with Crippen LogP contribution in [-0.4, -0.2) is 16.3 Å². The van der Waals surface area contributed by atoms with E-state index in [-0.39, 0.29) is 0 Å². The predicted octanol–water partition coefficient (Wildman–Crippen LogP) is 2.92. The molecule has 0 aliphatic rings. The molecular weight excluding hydrogens is 260 g/mol. The molecule has 0 aliphatic heterocycles. The molecule has 0 atom stereocenters. The van der Waals surface area contributed by atoms with E-state index >= 15 is 0 Å². The van der Waals surface area contributed by atoms with Crippen molar-refractivity contribution in [3.63, 3.8) is 0 Å². The first-order chi connectivity index (χ1) is 10.2. The molecule has 4 heteroatoms. The van der Waals surface area contributed by atoms with Crippen LogP contribution in [-0.2, 0) is 13.1 Å². The summed E-state index contributed by atoms with van der Waals surface area (Å²) in [4.78, 5) is 0. The molecule has 0 saturated carbocycles. The maximum atomic E-state index is 8.97. The molecule has 0 amide bonds. The molecule has 1 aromatic carbocycles. The summed E-state index contributed by atoms with van der Waals surface area (Å²) < 4.78 is 2.02. The third kappa shape index (κ3) is 3.71. The summed E-state index contributed by atoms with van der Waals surface area (Å²) in [6.07, 6.45) is 1.13. The van der Waals surface area contributed by atoms with Crippen LogP contribution < -0.4 is 5.32 Å². The third-order valence-corrected chi connectivity index (χ3v) is 3.65. The molecule has 0 bridgehead atoms. The SMILES string of the molecule is CCCNCc1c(C)nn(Cc2cccc(C#N)c2)c1C. The zero-order valence-electron chi connectivity index (χ0n) is 13.0. The standard InChI is InChI=1S/C17H22N4/c1-4-8-19-11-17-13(2)20-21(14(17)3)12-16-7-5-6-15(9-16)10-18/h5-7,9,19H,4,8,11-12H2,1-3H3. The Balaban J connectivity index is 2.17. The molecule has 1 heterocycles. The molecule has 4 nitrogen and oxygen atoms in total. The monoisotopic (exact) mass is 282 g/mol. The van der Waals surface area contributed by atoms with E-state index in [1.165, 1.54) is 11.3 Å². The van der Waals surface area contributed by atoms with Gasteiger partial charge in [0, 0.05) is 17.8 Å². The molecule has 21 heavy (non-hydrogen) atoms. The number of hydrogen-bond acceptors (Lipinski definition) is 3. The zero-order chi connectivity index (χ0) is 15.2. The zero-order valence-corrected chi connectivity index (χ0v) is 13.0. The van der Waals surface area contributed by atoms with Crippen LogP contribution in [0.3, 0.4) is 0 Å². The highest BCUT2D eigenvalue weighted by Crippen LogP contribution is 2.15. The quantitative estimate of drug-likeness (QED) is 0.829. The number of nitrogens with zero attached hydrogens (tertiary/aromatic N) is 3. The Morgan fingerprint density at radius 1 is 1.33 bits per heavy atom. The second-order valence-electron chi connectivity index (χ2n) is 5.30. The van der Waals surface area contributed by atoms with Gasteiger partial charge in [0.25, 0.3) is 0 Å². The fourth-order valence-corrected chi connectivity index (χ4v) is 2.45. The van der Waals surface area contributed by atoms with Crippen molar-refractivity contribution in [3.05, 3.63) is 52.3 Å². The Hall–Kier alpha value is -2.12. The summed E-state index contributed by atoms with van der Waals surface area (Å²) >= 11 is 0. The fourth-order valence-electron chi connectivity index (χ4n) is 2.45. The van der Waals surface area contributed by atoms with E-state index < -0.39 is 0 Å². The van der Waals surface area contributed by atoms with E-state index in [0.29, 0.717) is 12.1 Å². The number of hydrogen-bond donors (Lipinski definition) is 1. The number of rotatable bonds is 6. The van der Waals surface area contributed by atoms with Crippen LogP contribution in [0.1, 0.15) is 41.4 Å². The Morgan fingerprint density at radius 3 is 2.86 bits per heavy atom. The number of nitriles is 1. The summed E-state index contributed by atoms with van der Waals surface area (Å²) in [5.74, 6) is 0. The minimum Gasteiger partial charge on any atom is -0.313 e. The van der Waals surface area contributed by atoms with E-state index in [2.05, 4.69) is 37.3 Å². The van der Waals surface area contributed by atoms with Gasteiger partial charge in [-0.1, -0.05) is 19.1 Å². The summed E-state index contributed by atoms with van der Waals surface area (Å²) in [7, 11) is 0. The van der Waals surface area contributed by atoms with Crippen molar-refractivity contribution in [2.75, 3.05) is 6.54 Å². The van der Waals surface area contributed by atoms with E-state index in [4.69, 9.17) is 5.26 Å². The van der Waals surface area contributed by atoms with E-state index in [0.717, 1.165) is 30.8 Å². The van der Waals surface area contributed by atoms with Gasteiger partial charge in [-0.15, -0.1) is 0 Å². The van der Waals surface area contributed by atoms with Gasteiger partial charge < -0.3 is 5.32 Å². The molecule has 1 N–H and O–H groups in total. The first kappa shape index (κ1) is 15.3. The molecule has 0 fully saturated rings. The van der Waals surface area contributed by atoms with Gasteiger partial charge in [-0.2, -0.15) is 10.4 Å². The molecule has 0 saturated heterocycles. The van der Waals surface area contributed by atoms with Crippen LogP contribution in [0.5, 0.6) is 0 Å². The molecule has 2 rings (SSSR count). The normalized spacial score (nSPS) is 10.6. The van der Waals surface area contributed by atoms with Gasteiger partial charge in [0.05, 0.1) is 23.9 Å². The van der Waals surface area contributed by atoms with Crippen molar-refractivity contribution in [3.8, 4) is 6.07 Å². The molecule has 0 unspecified atom stereocenters. The maximum Gasteiger partial charge on any atom is 0.0991 e. The molecule has 0 aliphatic carbocycles. The van der Waals surface area contributed by atoms with E-state index in [1.807, 2.05) is 28.9 Å². The van der Waals surface area contributed by atoms with Gasteiger partial charge in [0.1, 0.15) is 0 Å². The molecule has 110 valence electrons. The topological polar surface area (TPSA) is 53.6 Å². The lowest BCUT2D eigenvalue weighted by Gasteiger charge is -2.07. The molecule has 1 aromatic heterocycles. The summed E-state index contributed by atoms with van der Waals surface area (Å²) in [5, 5.41) is 17.0. The van der Waals surface area contributed by atoms with Crippen molar-refractivity contribution in [1.29, 1.82) is 5.26 Å². The Labute approximate surface area is 126 Å². The van der Waals surface area contributed by atoms with Crippen LogP contribution in [0.4, 0.5) is 0 Å². The van der Waals surface area contributed by atoms with Crippen LogP contribution >= 0.6 is 0 Å². The highest BCUT2D eigenvalue weighted by atomic mass is 15.3. The third-order valence-electron chi connectivity index (χ3n) is 3.65. The smallest absolute Gasteiger partial charge is 0.0991 e. The highest BCUT2D eigenvalue weighted by Gasteiger charge is 2.11. The first-order valence-electron chi connectivity index (χ1n) is 7.38. The van der Waals surface area contributed by atoms with Crippen LogP contribution in [0.15, 0.2) is 24.3 Å². The molecule has 2 aromatic rings. The molecule has 0 radical (unpaired) electrons. The Bertz CT molecular complexity index is 649. The summed E-state index contributed by atoms with van der Waals surface area (Å²) in [6.45, 7) is 8.92. The average molecular weight is 282 g/mol. The van der Waals surface area contributed by atoms with Crippen molar-refractivity contribution in [1.82, 2.24) is 15.1 Å². The van der Waals surface area contributed by atoms with Gasteiger partial charge in [0.15, 0.2) is 0 Å². The lowest BCUT2D eigenvalue weighted by atomic mass is 10.1. The highest BCUT2D eigenvalue weighted by molar-refractivity contribution is 5.33. The Morgan fingerprint density at radius 2 is 2.14 bits per heavy atom. The van der Waals surface area contributed by atoms with Crippen molar-refractivity contribution in [2.24, 2.45) is 0 Å². The second kappa shape index (κ2) is 7.05. The lowest BCUT2D eigenvalue weighted by molar-refractivity contribution is 0.650. The van der Waals surface area contributed by atoms with E-state index in [1.54, 1.807) is 0 Å². The van der Waals surface area contributed by atoms with Gasteiger partial charge in [-0.3, -0.25) is 4.68 Å². The maximum absolute atomic E-state index is 8.97. The molecular formula is C17H22N4. The lowest BCUT2D eigenvalue weighted by Crippen LogP contribution is -2.15. The number of nitrogens with one attached hydrogen (secondary N) is 1. The fraction of sp³-hybridized carbons (Fsp3) is 0.412. The molecule has 0 spiro atoms. The van der Waals surface area contributed by atoms with E-state index in [9.17, 15) is 0 Å². The minimum absolute atomic E-state index is 0.693. The number of benzene rings is 1. The van der Waals surface area contributed by atoms with Gasteiger partial charge in [-0.05, 0) is 44.5 Å².